The maximum atomic E-state index is 4.97. The first-order valence-corrected chi connectivity index (χ1v) is 11.0. The van der Waals surface area contributed by atoms with Gasteiger partial charge in [0.15, 0.2) is 5.84 Å². The number of benzene rings is 1. The van der Waals surface area contributed by atoms with Crippen molar-refractivity contribution in [2.24, 2.45) is 10.4 Å². The molecule has 2 aromatic rings. The lowest BCUT2D eigenvalue weighted by atomic mass is 9.83. The number of hydrogen-bond donors (Lipinski definition) is 0. The van der Waals surface area contributed by atoms with Crippen LogP contribution in [0, 0.1) is 5.41 Å². The van der Waals surface area contributed by atoms with Gasteiger partial charge in [-0.3, -0.25) is 4.99 Å². The molecule has 5 heteroatoms. The van der Waals surface area contributed by atoms with E-state index in [2.05, 4.69) is 54.0 Å². The van der Waals surface area contributed by atoms with Crippen LogP contribution in [0.15, 0.2) is 41.5 Å². The molecule has 0 bridgehead atoms. The lowest BCUT2D eigenvalue weighted by Gasteiger charge is -2.37. The van der Waals surface area contributed by atoms with Crippen LogP contribution in [0.25, 0.3) is 0 Å². The average molecular weight is 390 g/mol. The highest BCUT2D eigenvalue weighted by atomic mass is 15.2. The van der Waals surface area contributed by atoms with Gasteiger partial charge in [-0.25, -0.2) is 9.97 Å². The molecular formula is C24H31N5. The van der Waals surface area contributed by atoms with Crippen LogP contribution in [0.5, 0.6) is 0 Å². The molecule has 0 saturated carbocycles. The van der Waals surface area contributed by atoms with E-state index in [1.54, 1.807) is 0 Å². The second-order valence-electron chi connectivity index (χ2n) is 9.51. The van der Waals surface area contributed by atoms with Gasteiger partial charge in [-0.1, -0.05) is 44.2 Å². The minimum Gasteiger partial charge on any atom is -0.355 e. The number of amidine groups is 1. The molecule has 0 spiro atoms. The average Bonchev–Trinajstić information content (AvgIpc) is 3.18. The van der Waals surface area contributed by atoms with Crippen LogP contribution < -0.4 is 4.90 Å². The van der Waals surface area contributed by atoms with Crippen LogP contribution in [-0.4, -0.2) is 46.9 Å². The van der Waals surface area contributed by atoms with Crippen molar-refractivity contribution in [3.05, 3.63) is 53.5 Å². The van der Waals surface area contributed by atoms with Gasteiger partial charge in [-0.05, 0) is 36.7 Å². The topological polar surface area (TPSA) is 44.6 Å². The Morgan fingerprint density at radius 3 is 2.59 bits per heavy atom. The van der Waals surface area contributed by atoms with Crippen molar-refractivity contribution >= 4 is 11.7 Å². The molecule has 5 nitrogen and oxygen atoms in total. The van der Waals surface area contributed by atoms with Gasteiger partial charge < -0.3 is 9.80 Å². The van der Waals surface area contributed by atoms with Gasteiger partial charge in [0.1, 0.15) is 11.5 Å². The standard InChI is InChI=1S/C24H31N5/c1-24(2)10-13-28(14-11-24)21-16-25-22-20(27-21)15-26-23(22)29-12-6-9-19(17-29)18-7-4-3-5-8-18/h3-5,7-8,16,19H,6,9-15,17H2,1-2H3. The van der Waals surface area contributed by atoms with E-state index in [-0.39, 0.29) is 0 Å². The Balaban J connectivity index is 1.31. The van der Waals surface area contributed by atoms with Crippen LogP contribution in [0.1, 0.15) is 62.4 Å². The Morgan fingerprint density at radius 2 is 1.79 bits per heavy atom. The number of hydrogen-bond acceptors (Lipinski definition) is 5. The largest absolute Gasteiger partial charge is 0.355 e. The van der Waals surface area contributed by atoms with E-state index in [0.717, 1.165) is 49.2 Å². The molecule has 3 aliphatic rings. The molecule has 4 heterocycles. The Morgan fingerprint density at radius 1 is 1.00 bits per heavy atom. The Hall–Kier alpha value is -2.43. The minimum absolute atomic E-state index is 0.445. The second kappa shape index (κ2) is 7.43. The normalized spacial score (nSPS) is 23.7. The van der Waals surface area contributed by atoms with Gasteiger partial charge in [-0.2, -0.15) is 0 Å². The molecule has 5 rings (SSSR count). The number of nitrogens with zero attached hydrogens (tertiary/aromatic N) is 5. The lowest BCUT2D eigenvalue weighted by molar-refractivity contribution is 0.279. The summed E-state index contributed by atoms with van der Waals surface area (Å²) in [4.78, 5) is 19.5. The van der Waals surface area contributed by atoms with E-state index in [0.29, 0.717) is 17.9 Å². The van der Waals surface area contributed by atoms with Crippen molar-refractivity contribution in [3.8, 4) is 0 Å². The molecule has 0 N–H and O–H groups in total. The minimum atomic E-state index is 0.445. The molecular weight excluding hydrogens is 358 g/mol. The van der Waals surface area contributed by atoms with Gasteiger partial charge in [0.25, 0.3) is 0 Å². The van der Waals surface area contributed by atoms with Crippen molar-refractivity contribution in [2.75, 3.05) is 31.1 Å². The molecule has 1 unspecified atom stereocenters. The van der Waals surface area contributed by atoms with Crippen LogP contribution in [0.4, 0.5) is 5.82 Å². The third kappa shape index (κ3) is 3.75. The zero-order valence-electron chi connectivity index (χ0n) is 17.6. The summed E-state index contributed by atoms with van der Waals surface area (Å²) in [5.74, 6) is 2.65. The van der Waals surface area contributed by atoms with Crippen LogP contribution in [0.3, 0.4) is 0 Å². The van der Waals surface area contributed by atoms with E-state index in [9.17, 15) is 0 Å². The van der Waals surface area contributed by atoms with E-state index in [1.165, 1.54) is 31.2 Å². The molecule has 1 aromatic heterocycles. The first-order chi connectivity index (χ1) is 14.1. The van der Waals surface area contributed by atoms with Crippen molar-refractivity contribution in [2.45, 2.75) is 52.0 Å². The summed E-state index contributed by atoms with van der Waals surface area (Å²) in [5, 5.41) is 0. The van der Waals surface area contributed by atoms with Crippen molar-refractivity contribution in [3.63, 3.8) is 0 Å². The summed E-state index contributed by atoms with van der Waals surface area (Å²) in [7, 11) is 0. The number of aromatic nitrogens is 2. The van der Waals surface area contributed by atoms with Gasteiger partial charge >= 0.3 is 0 Å². The third-order valence-corrected chi connectivity index (χ3v) is 6.86. The first kappa shape index (κ1) is 18.6. The first-order valence-electron chi connectivity index (χ1n) is 11.0. The molecule has 3 aliphatic heterocycles. The van der Waals surface area contributed by atoms with Gasteiger partial charge in [0, 0.05) is 32.1 Å². The Bertz CT molecular complexity index is 895. The SMILES string of the molecule is CC1(C)CCN(c2cnc3c(n2)CN=C3N2CCCC(c3ccccc3)C2)CC1. The monoisotopic (exact) mass is 389 g/mol. The predicted octanol–water partition coefficient (Wildman–Crippen LogP) is 4.24. The number of fused-ring (bicyclic) bond motifs is 1. The summed E-state index contributed by atoms with van der Waals surface area (Å²) in [5.41, 5.74) is 3.93. The third-order valence-electron chi connectivity index (χ3n) is 6.86. The molecule has 0 aliphatic carbocycles. The molecule has 1 atom stereocenters. The lowest BCUT2D eigenvalue weighted by Crippen LogP contribution is -2.40. The van der Waals surface area contributed by atoms with Crippen LogP contribution >= 0.6 is 0 Å². The van der Waals surface area contributed by atoms with E-state index in [1.807, 2.05) is 6.20 Å². The maximum Gasteiger partial charge on any atom is 0.152 e. The highest BCUT2D eigenvalue weighted by molar-refractivity contribution is 6.00. The Labute approximate surface area is 173 Å². The van der Waals surface area contributed by atoms with E-state index < -0.39 is 0 Å². The maximum absolute atomic E-state index is 4.97. The van der Waals surface area contributed by atoms with Crippen LogP contribution in [0.2, 0.25) is 0 Å². The molecule has 0 radical (unpaired) electrons. The van der Waals surface area contributed by atoms with Gasteiger partial charge in [0.2, 0.25) is 0 Å². The second-order valence-corrected chi connectivity index (χ2v) is 9.51. The summed E-state index contributed by atoms with van der Waals surface area (Å²) >= 11 is 0. The predicted molar refractivity (Wildman–Crippen MR) is 117 cm³/mol. The highest BCUT2D eigenvalue weighted by Crippen LogP contribution is 2.33. The molecule has 0 amide bonds. The fraction of sp³-hybridized carbons (Fsp3) is 0.542. The van der Waals surface area contributed by atoms with E-state index >= 15 is 0 Å². The van der Waals surface area contributed by atoms with E-state index in [4.69, 9.17) is 15.0 Å². The van der Waals surface area contributed by atoms with Gasteiger partial charge in [0.05, 0.1) is 18.4 Å². The van der Waals surface area contributed by atoms with Crippen LogP contribution in [-0.2, 0) is 6.54 Å². The highest BCUT2D eigenvalue weighted by Gasteiger charge is 2.31. The van der Waals surface area contributed by atoms with Crippen molar-refractivity contribution < 1.29 is 0 Å². The molecule has 2 fully saturated rings. The molecule has 2 saturated heterocycles. The number of rotatable bonds is 2. The molecule has 152 valence electrons. The molecule has 29 heavy (non-hydrogen) atoms. The number of anilines is 1. The zero-order chi connectivity index (χ0) is 19.8. The Kier molecular flexibility index (Phi) is 4.76. The fourth-order valence-corrected chi connectivity index (χ4v) is 4.85. The van der Waals surface area contributed by atoms with Crippen molar-refractivity contribution in [1.29, 1.82) is 0 Å². The number of likely N-dealkylation sites (tertiary alicyclic amines) is 1. The smallest absolute Gasteiger partial charge is 0.152 e. The summed E-state index contributed by atoms with van der Waals surface area (Å²) in [6.07, 6.45) is 6.83. The number of piperidine rings is 2. The fourth-order valence-electron chi connectivity index (χ4n) is 4.85. The quantitative estimate of drug-likeness (QED) is 0.770. The van der Waals surface area contributed by atoms with Gasteiger partial charge in [-0.15, -0.1) is 0 Å². The summed E-state index contributed by atoms with van der Waals surface area (Å²) < 4.78 is 0. The number of aliphatic imine (C=N–C) groups is 1. The summed E-state index contributed by atoms with van der Waals surface area (Å²) in [6.45, 7) is 9.61. The zero-order valence-corrected chi connectivity index (χ0v) is 17.6. The molecule has 1 aromatic carbocycles. The van der Waals surface area contributed by atoms with Crippen molar-refractivity contribution in [1.82, 2.24) is 14.9 Å². The summed E-state index contributed by atoms with van der Waals surface area (Å²) in [6, 6.07) is 10.9.